The standard InChI is InChI=1S/C91H125F2N23O19S2/c1-9-11-23-68-82(128)104-59(22-17-31-99-90(96)97)78(124)111-67(77(123)101-42-74(95)120)45-136-46-75(121)103-63(34-51-27-29-55(118)30-28-51)85(131)112(6)50(5)76(122)107-65(38-73(94)119)88(134)116-47-91(92,93)39-71(116)84(130)106-61(37-54-41-98-48-102-54)80(126)108-62(33-49(3)4)87(133)115-32-18-25-69(115)83(129)105-60(35-52-40-100-58-21-15-13-19-56(52)58)79(125)110-66(43-117)81(127)109-64(36-53-44-137-72-26-16-14-20-57(53)72)86(132)114(8)70(24-12-10-2)89(135)113(68)7/h13-16,19-21,26-30,40-41,44,48-50,59-71,100,117-118H,9-12,17-18,22-25,31-39,42-43,45-47H2,1-8H3,(H2,94,119)(H2,95,120)(H,98,102)(H,101,123)(H,103,121)(H,104,128)(H,105,129)(H,106,130)(H,107,122)(H,108,126)(H,109,127)(H,110,125)(H,111,124)(H4,96,97,99)/t50-,59-,60?,61-,62-,63-,64-,65-,66-,67-,68-,69-,70-,71?/m0/s1. The third kappa shape index (κ3) is 30.0. The topological polar surface area (TPSA) is 626 Å². The number of aromatic nitrogens is 3. The van der Waals surface area contributed by atoms with Crippen molar-refractivity contribution < 1.29 is 101 Å². The van der Waals surface area contributed by atoms with Crippen molar-refractivity contribution in [2.75, 3.05) is 65.4 Å². The molecule has 3 aliphatic rings. The summed E-state index contributed by atoms with van der Waals surface area (Å²) in [5.41, 5.74) is 18.9. The summed E-state index contributed by atoms with van der Waals surface area (Å²) in [6.45, 7) is 4.85. The van der Waals surface area contributed by atoms with Crippen LogP contribution in [0.1, 0.15) is 140 Å². The van der Waals surface area contributed by atoms with Gasteiger partial charge in [-0.05, 0) is 110 Å². The van der Waals surface area contributed by atoms with Crippen molar-refractivity contribution >= 4 is 150 Å². The minimum absolute atomic E-state index is 0.00201. The Balaban J connectivity index is 1.11. The normalized spacial score (nSPS) is 24.4. The molecule has 744 valence electrons. The molecule has 0 bridgehead atoms. The number of nitrogens with zero attached hydrogens (tertiary/aromatic N) is 6. The molecule has 46 heteroatoms. The molecule has 3 saturated heterocycles. The van der Waals surface area contributed by atoms with Crippen LogP contribution < -0.4 is 75.7 Å². The molecule has 6 heterocycles. The van der Waals surface area contributed by atoms with Gasteiger partial charge in [-0.15, -0.1) is 23.1 Å². The average Bonchev–Trinajstić information content (AvgIpc) is 1.63. The highest BCUT2D eigenvalue weighted by atomic mass is 32.2. The number of amides is 17. The largest absolute Gasteiger partial charge is 0.508 e. The van der Waals surface area contributed by atoms with Gasteiger partial charge in [-0.1, -0.05) is 102 Å². The lowest BCUT2D eigenvalue weighted by Crippen LogP contribution is -2.62. The number of imidazole rings is 1. The van der Waals surface area contributed by atoms with E-state index in [4.69, 9.17) is 22.6 Å². The first-order chi connectivity index (χ1) is 65.1. The zero-order valence-corrected chi connectivity index (χ0v) is 79.3. The Morgan fingerprint density at radius 3 is 1.81 bits per heavy atom. The number of aliphatic hydroxyl groups excluding tert-OH is 1. The number of primary amides is 2. The molecule has 0 saturated carbocycles. The van der Waals surface area contributed by atoms with Crippen LogP contribution in [0.5, 0.6) is 5.75 Å². The van der Waals surface area contributed by atoms with Crippen LogP contribution >= 0.6 is 23.1 Å². The van der Waals surface area contributed by atoms with E-state index in [0.717, 1.165) is 38.2 Å². The second kappa shape index (κ2) is 50.4. The fraction of sp³-hybridized carbons (Fsp3) is 0.527. The number of aromatic amines is 2. The van der Waals surface area contributed by atoms with Crippen LogP contribution in [-0.4, -0.2) is 312 Å². The Labute approximate surface area is 798 Å². The van der Waals surface area contributed by atoms with E-state index >= 15 is 47.1 Å². The lowest BCUT2D eigenvalue weighted by molar-refractivity contribution is -0.149. The van der Waals surface area contributed by atoms with Crippen molar-refractivity contribution in [2.45, 2.75) is 234 Å². The first-order valence-electron chi connectivity index (χ1n) is 45.5. The second-order valence-corrected chi connectivity index (χ2v) is 37.0. The van der Waals surface area contributed by atoms with Crippen LogP contribution in [0.3, 0.4) is 0 Å². The van der Waals surface area contributed by atoms with Gasteiger partial charge in [0, 0.05) is 106 Å². The number of aliphatic hydroxyl groups is 1. The van der Waals surface area contributed by atoms with E-state index in [1.165, 1.54) is 74.0 Å². The third-order valence-corrected chi connectivity index (χ3v) is 26.2. The highest BCUT2D eigenvalue weighted by molar-refractivity contribution is 8.00. The van der Waals surface area contributed by atoms with E-state index in [9.17, 15) is 53.4 Å². The molecule has 3 aromatic heterocycles. The maximum Gasteiger partial charge on any atom is 0.267 e. The van der Waals surface area contributed by atoms with Gasteiger partial charge in [-0.2, -0.15) is 0 Å². The molecule has 17 amide bonds. The number of likely N-dealkylation sites (N-methyl/N-ethyl adjacent to an activating group) is 3. The van der Waals surface area contributed by atoms with Crippen molar-refractivity contribution in [1.82, 2.24) is 97.9 Å². The number of alkyl halides is 2. The van der Waals surface area contributed by atoms with Crippen molar-refractivity contribution in [3.8, 4) is 5.75 Å². The fourth-order valence-corrected chi connectivity index (χ4v) is 18.5. The number of halogens is 2. The van der Waals surface area contributed by atoms with Gasteiger partial charge in [-0.25, -0.2) is 13.8 Å². The summed E-state index contributed by atoms with van der Waals surface area (Å²) < 4.78 is 33.0. The highest BCUT2D eigenvalue weighted by Gasteiger charge is 2.53. The summed E-state index contributed by atoms with van der Waals surface area (Å²) in [7, 11) is 3.82. The summed E-state index contributed by atoms with van der Waals surface area (Å²) in [6.07, 6.45) is 1.84. The number of nitrogens with two attached hydrogens (primary N) is 3. The van der Waals surface area contributed by atoms with Crippen molar-refractivity contribution in [1.29, 1.82) is 5.41 Å². The number of aromatic hydroxyl groups is 1. The van der Waals surface area contributed by atoms with Crippen molar-refractivity contribution in [3.05, 3.63) is 119 Å². The first-order valence-corrected chi connectivity index (χ1v) is 47.5. The van der Waals surface area contributed by atoms with E-state index in [2.05, 4.69) is 73.4 Å². The Morgan fingerprint density at radius 1 is 0.584 bits per heavy atom. The number of thioether (sulfide) groups is 1. The predicted octanol–water partition coefficient (Wildman–Crippen LogP) is -0.921. The molecule has 42 nitrogen and oxygen atoms in total. The fourth-order valence-electron chi connectivity index (χ4n) is 16.7. The van der Waals surface area contributed by atoms with E-state index in [0.29, 0.717) is 63.6 Å². The lowest BCUT2D eigenvalue weighted by atomic mass is 10.00. The smallest absolute Gasteiger partial charge is 0.267 e. The Hall–Kier alpha value is -13.4. The average molecular weight is 1950 g/mol. The minimum Gasteiger partial charge on any atom is -0.508 e. The monoisotopic (exact) mass is 1950 g/mol. The van der Waals surface area contributed by atoms with Gasteiger partial charge in [0.05, 0.1) is 38.2 Å². The molecular formula is C91H125F2N23O19S2. The number of nitrogens with one attached hydrogen (secondary N) is 14. The summed E-state index contributed by atoms with van der Waals surface area (Å²) in [4.78, 5) is 265. The van der Waals surface area contributed by atoms with Crippen molar-refractivity contribution in [3.63, 3.8) is 0 Å². The number of carbonyl (C=O) groups excluding carboxylic acids is 17. The molecule has 9 rings (SSSR count). The van der Waals surface area contributed by atoms with E-state index < -0.39 is 247 Å². The quantitative estimate of drug-likeness (QED) is 0.0177. The Kier molecular flexibility index (Phi) is 39.5. The van der Waals surface area contributed by atoms with E-state index in [-0.39, 0.29) is 94.7 Å². The number of guanidine groups is 1. The van der Waals surface area contributed by atoms with Crippen LogP contribution in [0.4, 0.5) is 8.78 Å². The lowest BCUT2D eigenvalue weighted by Gasteiger charge is -2.36. The molecule has 0 radical (unpaired) electrons. The Bertz CT molecular complexity index is 5320. The molecule has 0 spiro atoms. The molecule has 3 aromatic carbocycles. The summed E-state index contributed by atoms with van der Waals surface area (Å²) in [5, 5.41) is 60.9. The number of rotatable bonds is 26. The van der Waals surface area contributed by atoms with Crippen LogP contribution in [-0.2, 0) is 107 Å². The minimum atomic E-state index is -3.85. The van der Waals surface area contributed by atoms with Crippen LogP contribution in [0.15, 0.2) is 96.9 Å². The first kappa shape index (κ1) is 107. The number of phenols is 1. The molecule has 0 aliphatic carbocycles. The number of phenolic OH excluding ortho intramolecular Hbond substituents is 1. The van der Waals surface area contributed by atoms with Gasteiger partial charge in [-0.3, -0.25) is 86.9 Å². The maximum absolute atomic E-state index is 16.1. The van der Waals surface area contributed by atoms with Gasteiger partial charge in [0.2, 0.25) is 100 Å². The number of hydrogen-bond donors (Lipinski definition) is 19. The summed E-state index contributed by atoms with van der Waals surface area (Å²) >= 11 is 2.06. The number of unbranched alkanes of at least 4 members (excludes halogenated alkanes) is 2. The number of carbonyl (C=O) groups is 17. The van der Waals surface area contributed by atoms with Gasteiger partial charge in [0.1, 0.15) is 90.3 Å². The van der Waals surface area contributed by atoms with Crippen LogP contribution in [0.2, 0.25) is 0 Å². The second-order valence-electron chi connectivity index (χ2n) is 35.0. The van der Waals surface area contributed by atoms with E-state index in [1.807, 2.05) is 32.0 Å². The van der Waals surface area contributed by atoms with Crippen LogP contribution in [0, 0.1) is 11.3 Å². The number of para-hydroxylation sites is 1. The molecule has 2 unspecified atom stereocenters. The number of fused-ring (bicyclic) bond motifs is 4. The molecule has 14 atom stereocenters. The molecule has 137 heavy (non-hydrogen) atoms. The van der Waals surface area contributed by atoms with Gasteiger partial charge in [0.25, 0.3) is 5.92 Å². The Morgan fingerprint density at radius 2 is 1.16 bits per heavy atom. The van der Waals surface area contributed by atoms with Gasteiger partial charge < -0.3 is 120 Å². The number of H-pyrrole nitrogens is 2. The molecule has 22 N–H and O–H groups in total. The molecule has 6 aromatic rings. The molecular weight excluding hydrogens is 1820 g/mol. The van der Waals surface area contributed by atoms with E-state index in [1.54, 1.807) is 55.8 Å². The predicted molar refractivity (Wildman–Crippen MR) is 502 cm³/mol. The van der Waals surface area contributed by atoms with Crippen LogP contribution in [0.25, 0.3) is 21.0 Å². The zero-order valence-electron chi connectivity index (χ0n) is 77.7. The van der Waals surface area contributed by atoms with Gasteiger partial charge >= 0.3 is 0 Å². The SMILES string of the molecule is CCCC[C@H]1C(=O)N(C)[C@@H](CCCC)C(=O)N[C@@H](CCCNC(=N)N)C(=O)N[C@H](C(=O)NCC(N)=O)CSCC(=O)N[C@@H](Cc2ccc(O)cc2)C(=O)N(C)[C@@H](C)C(=O)N[C@@H](CC(N)=O)C(=O)N2CC(F)(F)CC2C(=O)N[C@@H](Cc2cnc[nH]2)C(=O)N[C@@H](CC(C)C)C(=O)N2CCC[C@H]2C(=O)NC(Cc2c[nH]c3ccccc23)C(=O)N[C@@H](CO)C(=O)N[C@@H](Cc2csc3ccccc23)C(=O)N1C. The third-order valence-electron chi connectivity index (χ3n) is 24.2. The summed E-state index contributed by atoms with van der Waals surface area (Å²) in [5.74, 6) is -23.5. The molecule has 3 aliphatic heterocycles. The van der Waals surface area contributed by atoms with Gasteiger partial charge in [0.15, 0.2) is 5.96 Å². The highest BCUT2D eigenvalue weighted by Crippen LogP contribution is 2.35. The number of hydrogen-bond acceptors (Lipinski definition) is 23. The number of thiophene rings is 1. The van der Waals surface area contributed by atoms with Crippen molar-refractivity contribution in [2.24, 2.45) is 23.1 Å². The summed E-state index contributed by atoms with van der Waals surface area (Å²) in [6, 6.07) is -3.58. The zero-order chi connectivity index (χ0) is 100. The molecule has 3 fully saturated rings. The maximum atomic E-state index is 16.1. The number of benzene rings is 3.